The molecule has 9 aromatic carbocycles. The quantitative estimate of drug-likeness (QED) is 0.0161. The summed E-state index contributed by atoms with van der Waals surface area (Å²) in [5.41, 5.74) is 0.893. The van der Waals surface area contributed by atoms with Gasteiger partial charge in [0.2, 0.25) is 13.7 Å². The fraction of sp³-hybridized carbons (Fsp3) is 0.195. The second-order valence-electron chi connectivity index (χ2n) is 24.9. The minimum Gasteiger partial charge on any atom is -0.762 e. The monoisotopic (exact) mass is 1460 g/mol. The number of esters is 5. The van der Waals surface area contributed by atoms with Gasteiger partial charge in [-0.3, -0.25) is 29.1 Å². The van der Waals surface area contributed by atoms with Gasteiger partial charge in [0.05, 0.1) is 72.0 Å². The van der Waals surface area contributed by atoms with Crippen LogP contribution in [0.4, 0.5) is 5.82 Å². The minimum absolute atomic E-state index is 0.00554. The number of nitrogens with one attached hydrogen (secondary N) is 4. The van der Waals surface area contributed by atoms with E-state index in [2.05, 4.69) is 51.4 Å². The van der Waals surface area contributed by atoms with E-state index in [0.717, 1.165) is 6.33 Å². The first kappa shape index (κ1) is 76.0. The molecular formula is C82H77N8O16P. The molecule has 107 heavy (non-hydrogen) atoms. The van der Waals surface area contributed by atoms with E-state index >= 15 is 4.79 Å². The Kier molecular flexibility index (Phi) is 25.3. The van der Waals surface area contributed by atoms with Gasteiger partial charge in [0.25, 0.3) is 5.91 Å². The molecule has 0 radical (unpaired) electrons. The van der Waals surface area contributed by atoms with Crippen LogP contribution in [0.3, 0.4) is 0 Å². The van der Waals surface area contributed by atoms with Crippen molar-refractivity contribution in [1.82, 2.24) is 29.9 Å². The second-order valence-corrected chi connectivity index (χ2v) is 26.4. The zero-order chi connectivity index (χ0) is 75.5. The summed E-state index contributed by atoms with van der Waals surface area (Å²) in [7, 11) is -5.63. The van der Waals surface area contributed by atoms with Crippen LogP contribution in [0, 0.1) is 5.92 Å². The van der Waals surface area contributed by atoms with Crippen LogP contribution in [0.2, 0.25) is 0 Å². The van der Waals surface area contributed by atoms with Crippen LogP contribution in [0.5, 0.6) is 17.2 Å². The van der Waals surface area contributed by atoms with Crippen molar-refractivity contribution in [1.29, 1.82) is 0 Å². The number of amides is 2. The lowest BCUT2D eigenvalue weighted by atomic mass is 9.75. The van der Waals surface area contributed by atoms with Gasteiger partial charge in [-0.15, -0.1) is 0 Å². The third-order valence-electron chi connectivity index (χ3n) is 17.7. The highest BCUT2D eigenvalue weighted by molar-refractivity contribution is 7.49. The number of carbonyl (C=O) groups is 7. The van der Waals surface area contributed by atoms with Crippen LogP contribution >= 0.6 is 7.75 Å². The van der Waals surface area contributed by atoms with E-state index in [-0.39, 0.29) is 62.0 Å². The molecule has 4 N–H and O–H groups in total. The highest BCUT2D eigenvalue weighted by Crippen LogP contribution is 2.43. The number of quaternary nitrogens is 1. The normalized spacial score (nSPS) is 15.5. The van der Waals surface area contributed by atoms with Crippen LogP contribution in [-0.2, 0) is 33.6 Å². The fourth-order valence-corrected chi connectivity index (χ4v) is 12.8. The molecule has 1 unspecified atom stereocenters. The highest BCUT2D eigenvalue weighted by atomic mass is 31.2. The zero-order valence-corrected chi connectivity index (χ0v) is 59.9. The molecule has 0 bridgehead atoms. The van der Waals surface area contributed by atoms with Gasteiger partial charge in [0.1, 0.15) is 29.7 Å². The summed E-state index contributed by atoms with van der Waals surface area (Å²) in [6.45, 7) is 12.9. The summed E-state index contributed by atoms with van der Waals surface area (Å²) in [4.78, 5) is 127. The largest absolute Gasteiger partial charge is 0.762 e. The summed E-state index contributed by atoms with van der Waals surface area (Å²) in [6, 6.07) is 66.7. The van der Waals surface area contributed by atoms with Crippen LogP contribution in [0.15, 0.2) is 267 Å². The van der Waals surface area contributed by atoms with Gasteiger partial charge in [0, 0.05) is 5.56 Å². The Bertz CT molecular complexity index is 4650. The van der Waals surface area contributed by atoms with Crippen molar-refractivity contribution in [3.63, 3.8) is 0 Å². The lowest BCUT2D eigenvalue weighted by Gasteiger charge is -2.41. The second kappa shape index (κ2) is 35.6. The third-order valence-corrected chi connectivity index (χ3v) is 18.7. The Morgan fingerprint density at radius 1 is 0.505 bits per heavy atom. The van der Waals surface area contributed by atoms with E-state index in [1.807, 2.05) is 0 Å². The van der Waals surface area contributed by atoms with Crippen molar-refractivity contribution < 1.29 is 80.9 Å². The van der Waals surface area contributed by atoms with Crippen LogP contribution in [-0.4, -0.2) is 112 Å². The maximum atomic E-state index is 15.3. The summed E-state index contributed by atoms with van der Waals surface area (Å²) in [5.74, 6) is -5.73. The lowest BCUT2D eigenvalue weighted by molar-refractivity contribution is -0.894. The first-order chi connectivity index (χ1) is 51.8. The summed E-state index contributed by atoms with van der Waals surface area (Å²) < 4.78 is 58.1. The first-order valence-electron chi connectivity index (χ1n) is 34.6. The topological polar surface area (TPSA) is 308 Å². The zero-order valence-electron chi connectivity index (χ0n) is 59.0. The average molecular weight is 1460 g/mol. The maximum Gasteiger partial charge on any atom is 0.343 e. The van der Waals surface area contributed by atoms with Gasteiger partial charge in [0.15, 0.2) is 35.4 Å². The SMILES string of the molecule is CC(C)[C@H](NC(c1ccc(OC(=O)c2ccccc2)cc1)(c1ccc(OC(=O)c2ccccc2)cc1)c1ccc(OC(=O)c2ccccc2)cc1)C(=O)NP(=O)([O-])OC[C@H]1O[C@@H](n2cnc3c(NC(=O)c4ccccc4)ncnc32)[C@H](OC(=O)c2ccccc2)[C@@H]1OC(=O)c1ccccc1.CC[NH+](CC)CC. The molecule has 1 saturated heterocycles. The molecule has 11 aromatic rings. The first-order valence-corrected chi connectivity index (χ1v) is 36.1. The molecule has 1 fully saturated rings. The Hall–Kier alpha value is -12.2. The van der Waals surface area contributed by atoms with Crippen molar-refractivity contribution in [2.75, 3.05) is 31.6 Å². The van der Waals surface area contributed by atoms with Gasteiger partial charge in [-0.2, -0.15) is 0 Å². The molecule has 1 aliphatic rings. The molecule has 0 saturated carbocycles. The predicted molar refractivity (Wildman–Crippen MR) is 394 cm³/mol. The summed E-state index contributed by atoms with van der Waals surface area (Å²) in [6.07, 6.45) is -4.00. The van der Waals surface area contributed by atoms with Crippen molar-refractivity contribution in [3.8, 4) is 17.2 Å². The van der Waals surface area contributed by atoms with Crippen molar-refractivity contribution in [2.24, 2.45) is 5.92 Å². The molecule has 1 aliphatic heterocycles. The number of anilines is 1. The molecule has 3 heterocycles. The number of carbonyl (C=O) groups excluding carboxylic acids is 7. The molecule has 546 valence electrons. The standard InChI is InChI=1S/C76H62N7O16P.C6H15N/c1-48(2)62(81-76(55-33-39-58(40-34-55)94-71(86)50-23-11-4-12-24-50,56-35-41-59(42-36-56)95-72(87)51-25-13-5-14-26-51)57-37-43-60(44-38-57)96-73(88)52-27-15-6-16-28-52)69(85)82-100(91,92)93-45-61-64(98-74(89)53-29-17-7-18-30-53)65(99-75(90)54-31-19-8-20-32-54)70(97-61)83-47-79-63-66(77-46-78-67(63)83)80-68(84)49-21-9-3-10-22-49;1-4-7(5-2)6-3/h3-44,46-48,61-62,64-65,70,81H,45H2,1-2H3,(H,77,78,80,84)(H2,82,85,91,92);4-6H2,1-3H3/t61-,62+,64-,65-,70-;/m1./s1. The molecule has 25 heteroatoms. The number of nitrogens with zero attached hydrogens (tertiary/aromatic N) is 4. The number of benzene rings is 9. The number of rotatable bonds is 27. The predicted octanol–water partition coefficient (Wildman–Crippen LogP) is 11.2. The molecule has 2 aromatic heterocycles. The van der Waals surface area contributed by atoms with E-state index < -0.39 is 98.1 Å². The van der Waals surface area contributed by atoms with Crippen molar-refractivity contribution >= 4 is 66.4 Å². The van der Waals surface area contributed by atoms with Gasteiger partial charge in [-0.05, 0) is 153 Å². The maximum absolute atomic E-state index is 15.3. The van der Waals surface area contributed by atoms with E-state index in [9.17, 15) is 38.2 Å². The number of ether oxygens (including phenoxy) is 6. The molecular weight excluding hydrogens is 1380 g/mol. The average Bonchev–Trinajstić information content (AvgIpc) is 1.09. The van der Waals surface area contributed by atoms with Crippen LogP contribution in [0.1, 0.15) is 120 Å². The number of aromatic nitrogens is 4. The number of imidazole rings is 1. The molecule has 0 aliphatic carbocycles. The molecule has 2 amide bonds. The molecule has 12 rings (SSSR count). The van der Waals surface area contributed by atoms with E-state index in [1.165, 1.54) is 54.8 Å². The highest BCUT2D eigenvalue weighted by Gasteiger charge is 2.52. The Balaban J connectivity index is 0.00000155. The van der Waals surface area contributed by atoms with E-state index in [1.54, 1.807) is 249 Å². The van der Waals surface area contributed by atoms with Gasteiger partial charge < -0.3 is 48.1 Å². The number of hydrogen-bond donors (Lipinski definition) is 4. The van der Waals surface area contributed by atoms with Crippen molar-refractivity contribution in [2.45, 2.75) is 70.7 Å². The van der Waals surface area contributed by atoms with Gasteiger partial charge >= 0.3 is 29.8 Å². The summed E-state index contributed by atoms with van der Waals surface area (Å²) >= 11 is 0. The van der Waals surface area contributed by atoms with Crippen molar-refractivity contribution in [3.05, 3.63) is 318 Å². The Morgan fingerprint density at radius 2 is 0.879 bits per heavy atom. The van der Waals surface area contributed by atoms with Crippen LogP contribution < -0.4 is 39.7 Å². The smallest absolute Gasteiger partial charge is 0.343 e. The van der Waals surface area contributed by atoms with E-state index in [0.29, 0.717) is 22.3 Å². The fourth-order valence-electron chi connectivity index (χ4n) is 12.0. The van der Waals surface area contributed by atoms with E-state index in [4.69, 9.17) is 32.9 Å². The van der Waals surface area contributed by atoms with Crippen LogP contribution in [0.25, 0.3) is 11.2 Å². The lowest BCUT2D eigenvalue weighted by Crippen LogP contribution is -3.11. The molecule has 6 atom stereocenters. The molecule has 24 nitrogen and oxygen atoms in total. The minimum atomic E-state index is -5.63. The number of hydrogen-bond acceptors (Lipinski definition) is 20. The Labute approximate surface area is 617 Å². The summed E-state index contributed by atoms with van der Waals surface area (Å²) in [5, 5.41) is 8.36. The molecule has 0 spiro atoms. The third kappa shape index (κ3) is 18.9. The van der Waals surface area contributed by atoms with Gasteiger partial charge in [-0.1, -0.05) is 159 Å². The van der Waals surface area contributed by atoms with Gasteiger partial charge in [-0.25, -0.2) is 38.9 Å². The Morgan fingerprint density at radius 3 is 1.25 bits per heavy atom. The number of fused-ring (bicyclic) bond motifs is 1.